The van der Waals surface area contributed by atoms with Crippen molar-refractivity contribution in [2.45, 2.75) is 30.9 Å². The van der Waals surface area contributed by atoms with Crippen LogP contribution in [-0.2, 0) is 0 Å². The minimum atomic E-state index is 0.0396. The van der Waals surface area contributed by atoms with Crippen LogP contribution in [-0.4, -0.2) is 41.4 Å². The zero-order valence-corrected chi connectivity index (χ0v) is 14.7. The van der Waals surface area contributed by atoms with E-state index in [0.717, 1.165) is 43.6 Å². The van der Waals surface area contributed by atoms with Crippen molar-refractivity contribution in [1.29, 1.82) is 0 Å². The van der Waals surface area contributed by atoms with E-state index in [1.54, 1.807) is 0 Å². The van der Waals surface area contributed by atoms with Crippen LogP contribution in [0.1, 0.15) is 36.5 Å². The van der Waals surface area contributed by atoms with Crippen molar-refractivity contribution in [3.05, 3.63) is 29.8 Å². The summed E-state index contributed by atoms with van der Waals surface area (Å²) in [4.78, 5) is 14.7. The van der Waals surface area contributed by atoms with Crippen molar-refractivity contribution in [2.75, 3.05) is 32.1 Å². The molecule has 0 fully saturated rings. The highest BCUT2D eigenvalue weighted by Gasteiger charge is 2.23. The summed E-state index contributed by atoms with van der Waals surface area (Å²) in [5, 5.41) is 0.120. The number of carbonyl (C=O) groups is 1. The molecule has 0 amide bonds. The molecule has 0 unspecified atom stereocenters. The molecule has 0 spiro atoms. The van der Waals surface area contributed by atoms with Crippen LogP contribution in [0.4, 0.5) is 5.69 Å². The molecule has 1 aromatic carbocycles. The average Bonchev–Trinajstić information content (AvgIpc) is 2.43. The molecule has 1 heterocycles. The van der Waals surface area contributed by atoms with Gasteiger partial charge in [0.25, 0.3) is 0 Å². The highest BCUT2D eigenvalue weighted by atomic mass is 32.2. The van der Waals surface area contributed by atoms with Crippen LogP contribution in [0.3, 0.4) is 0 Å². The molecular formula is C16H24N2OS2. The molecule has 5 heteroatoms. The van der Waals surface area contributed by atoms with Gasteiger partial charge >= 0.3 is 0 Å². The van der Waals surface area contributed by atoms with E-state index < -0.39 is 0 Å². The first kappa shape index (κ1) is 16.7. The fourth-order valence-electron chi connectivity index (χ4n) is 2.55. The minimum absolute atomic E-state index is 0.0396. The van der Waals surface area contributed by atoms with Gasteiger partial charge in [-0.05, 0) is 38.4 Å². The number of thiol groups is 1. The van der Waals surface area contributed by atoms with E-state index in [0.29, 0.717) is 0 Å². The molecule has 1 atom stereocenters. The summed E-state index contributed by atoms with van der Waals surface area (Å²) in [7, 11) is 4.03. The molecule has 1 aromatic rings. The van der Waals surface area contributed by atoms with E-state index in [4.69, 9.17) is 12.6 Å². The molecule has 3 nitrogen and oxygen atoms in total. The molecule has 116 valence electrons. The lowest BCUT2D eigenvalue weighted by atomic mass is 10.00. The maximum atomic E-state index is 12.5. The Morgan fingerprint density at radius 3 is 2.67 bits per heavy atom. The fourth-order valence-corrected chi connectivity index (χ4v) is 3.58. The van der Waals surface area contributed by atoms with Crippen molar-refractivity contribution in [3.8, 4) is 0 Å². The maximum Gasteiger partial charge on any atom is 0.236 e. The molecular weight excluding hydrogens is 300 g/mol. The second-order valence-corrected chi connectivity index (χ2v) is 8.28. The van der Waals surface area contributed by atoms with Crippen LogP contribution in [0.5, 0.6) is 0 Å². The van der Waals surface area contributed by atoms with Gasteiger partial charge in [-0.3, -0.25) is 4.79 Å². The molecule has 21 heavy (non-hydrogen) atoms. The van der Waals surface area contributed by atoms with E-state index >= 15 is 0 Å². The quantitative estimate of drug-likeness (QED) is 0.580. The molecule has 1 aliphatic heterocycles. The number of benzene rings is 1. The molecule has 2 rings (SSSR count). The van der Waals surface area contributed by atoms with E-state index in [9.17, 15) is 4.79 Å². The Balaban J connectivity index is 2.29. The summed E-state index contributed by atoms with van der Waals surface area (Å²) in [6, 6.07) is 7.86. The number of fused-ring (bicyclic) bond motifs is 1. The Bertz CT molecular complexity index is 505. The van der Waals surface area contributed by atoms with Gasteiger partial charge in [0.1, 0.15) is 0 Å². The molecule has 0 aliphatic carbocycles. The largest absolute Gasteiger partial charge is 0.374 e. The third-order valence-corrected chi connectivity index (χ3v) is 5.28. The summed E-state index contributed by atoms with van der Waals surface area (Å²) in [6.07, 6.45) is 3.12. The van der Waals surface area contributed by atoms with Crippen molar-refractivity contribution in [1.82, 2.24) is 4.31 Å². The predicted octanol–water partition coefficient (Wildman–Crippen LogP) is 3.72. The number of para-hydroxylation sites is 1. The van der Waals surface area contributed by atoms with Crippen LogP contribution in [0.25, 0.3) is 0 Å². The van der Waals surface area contributed by atoms with Gasteiger partial charge in [0.2, 0.25) is 5.12 Å². The van der Waals surface area contributed by atoms with Gasteiger partial charge in [0.05, 0.1) is 5.56 Å². The van der Waals surface area contributed by atoms with Crippen LogP contribution in [0, 0.1) is 0 Å². The van der Waals surface area contributed by atoms with Crippen molar-refractivity contribution < 1.29 is 4.79 Å². The summed E-state index contributed by atoms with van der Waals surface area (Å²) >= 11 is 6.12. The third-order valence-electron chi connectivity index (χ3n) is 3.95. The number of nitrogens with zero attached hydrogens (tertiary/aromatic N) is 2. The number of rotatable bonds is 0. The third kappa shape index (κ3) is 4.66. The standard InChI is InChI=1S/C16H24N2OS2/c1-16(20)9-6-11-18(3)21-15(19)13-7-4-5-8-14(13)17(2)12-10-16/h4-5,7-8,20H,6,9-12H2,1-3H3/t16-/m0/s1. The van der Waals surface area contributed by atoms with Crippen LogP contribution >= 0.6 is 24.6 Å². The molecule has 0 saturated carbocycles. The summed E-state index contributed by atoms with van der Waals surface area (Å²) < 4.78 is 2.07. The SMILES string of the molecule is CN1CCC[C@](C)(S)CCN(C)c2ccccc2C(=O)S1. The predicted molar refractivity (Wildman–Crippen MR) is 95.5 cm³/mol. The Kier molecular flexibility index (Phi) is 5.63. The maximum absolute atomic E-state index is 12.5. The van der Waals surface area contributed by atoms with Crippen LogP contribution in [0.2, 0.25) is 0 Å². The highest BCUT2D eigenvalue weighted by molar-refractivity contribution is 8.12. The first-order chi connectivity index (χ1) is 9.89. The lowest BCUT2D eigenvalue weighted by molar-refractivity contribution is 0.108. The topological polar surface area (TPSA) is 23.6 Å². The molecule has 0 saturated heterocycles. The fraction of sp³-hybridized carbons (Fsp3) is 0.562. The Morgan fingerprint density at radius 1 is 1.19 bits per heavy atom. The number of hydrogen-bond donors (Lipinski definition) is 1. The molecule has 0 aromatic heterocycles. The Hall–Kier alpha value is -0.650. The van der Waals surface area contributed by atoms with Crippen molar-refractivity contribution in [3.63, 3.8) is 0 Å². The summed E-state index contributed by atoms with van der Waals surface area (Å²) in [5.74, 6) is 0. The van der Waals surface area contributed by atoms with Gasteiger partial charge in [-0.15, -0.1) is 0 Å². The number of anilines is 1. The van der Waals surface area contributed by atoms with Crippen LogP contribution < -0.4 is 4.90 Å². The number of hydrogen-bond acceptors (Lipinski definition) is 5. The van der Waals surface area contributed by atoms with Crippen molar-refractivity contribution >= 4 is 35.4 Å². The molecule has 0 N–H and O–H groups in total. The minimum Gasteiger partial charge on any atom is -0.374 e. The summed E-state index contributed by atoms with van der Waals surface area (Å²) in [5.41, 5.74) is 1.80. The van der Waals surface area contributed by atoms with Gasteiger partial charge in [-0.25, -0.2) is 4.31 Å². The number of carbonyl (C=O) groups excluding carboxylic acids is 1. The first-order valence-corrected chi connectivity index (χ1v) is 8.57. The van der Waals surface area contributed by atoms with Gasteiger partial charge in [0.15, 0.2) is 0 Å². The smallest absolute Gasteiger partial charge is 0.236 e. The normalized spacial score (nSPS) is 25.9. The second-order valence-electron chi connectivity index (χ2n) is 6.02. The Labute approximate surface area is 137 Å². The first-order valence-electron chi connectivity index (χ1n) is 7.35. The van der Waals surface area contributed by atoms with E-state index in [-0.39, 0.29) is 9.86 Å². The monoisotopic (exact) mass is 324 g/mol. The van der Waals surface area contributed by atoms with E-state index in [1.807, 2.05) is 35.6 Å². The van der Waals surface area contributed by atoms with E-state index in [2.05, 4.69) is 18.9 Å². The molecule has 1 aliphatic rings. The van der Waals surface area contributed by atoms with Gasteiger partial charge in [0, 0.05) is 42.5 Å². The lowest BCUT2D eigenvalue weighted by Crippen LogP contribution is -2.29. The zero-order chi connectivity index (χ0) is 15.5. The molecule has 0 radical (unpaired) electrons. The highest BCUT2D eigenvalue weighted by Crippen LogP contribution is 2.30. The molecule has 0 bridgehead atoms. The van der Waals surface area contributed by atoms with Gasteiger partial charge < -0.3 is 4.90 Å². The average molecular weight is 325 g/mol. The zero-order valence-electron chi connectivity index (χ0n) is 13.0. The van der Waals surface area contributed by atoms with Crippen LogP contribution in [0.15, 0.2) is 24.3 Å². The lowest BCUT2D eigenvalue weighted by Gasteiger charge is -2.30. The van der Waals surface area contributed by atoms with Gasteiger partial charge in [-0.2, -0.15) is 12.6 Å². The van der Waals surface area contributed by atoms with Crippen molar-refractivity contribution in [2.24, 2.45) is 0 Å². The Morgan fingerprint density at radius 2 is 1.90 bits per heavy atom. The van der Waals surface area contributed by atoms with Gasteiger partial charge in [-0.1, -0.05) is 19.1 Å². The second kappa shape index (κ2) is 7.07. The van der Waals surface area contributed by atoms with E-state index in [1.165, 1.54) is 11.9 Å². The summed E-state index contributed by atoms with van der Waals surface area (Å²) in [6.45, 7) is 4.02.